The SMILES string of the molecule is CCOC(CCCNC(=O)CC1CCCCN1c1cc(C)nc(CCn2ccnc2)n1)OCC. The number of piperidine rings is 1. The highest BCUT2D eigenvalue weighted by Gasteiger charge is 2.26. The van der Waals surface area contributed by atoms with Gasteiger partial charge in [0, 0.05) is 82.3 Å². The number of carbonyl (C=O) groups excluding carboxylic acids is 1. The molecule has 1 atom stereocenters. The van der Waals surface area contributed by atoms with Gasteiger partial charge in [0.05, 0.1) is 6.33 Å². The summed E-state index contributed by atoms with van der Waals surface area (Å²) in [4.78, 5) is 28.6. The maximum atomic E-state index is 12.7. The van der Waals surface area contributed by atoms with Crippen LogP contribution in [0.4, 0.5) is 5.82 Å². The van der Waals surface area contributed by atoms with E-state index in [0.29, 0.717) is 26.2 Å². The van der Waals surface area contributed by atoms with Crippen LogP contribution in [-0.4, -0.2) is 64.1 Å². The van der Waals surface area contributed by atoms with E-state index in [4.69, 9.17) is 14.5 Å². The van der Waals surface area contributed by atoms with Crippen molar-refractivity contribution >= 4 is 11.7 Å². The van der Waals surface area contributed by atoms with Gasteiger partial charge < -0.3 is 24.3 Å². The Bertz CT molecular complexity index is 854. The molecule has 0 aliphatic carbocycles. The van der Waals surface area contributed by atoms with Crippen molar-refractivity contribution in [3.05, 3.63) is 36.3 Å². The summed E-state index contributed by atoms with van der Waals surface area (Å²) in [6, 6.07) is 2.20. The summed E-state index contributed by atoms with van der Waals surface area (Å²) in [6.45, 7) is 9.53. The molecule has 1 aliphatic rings. The molecule has 1 amide bonds. The van der Waals surface area contributed by atoms with E-state index in [1.165, 1.54) is 0 Å². The normalized spacial score (nSPS) is 16.2. The molecule has 1 aliphatic heterocycles. The molecule has 2 aromatic heterocycles. The molecule has 2 aromatic rings. The summed E-state index contributed by atoms with van der Waals surface area (Å²) in [5, 5.41) is 3.08. The minimum atomic E-state index is -0.190. The molecule has 1 unspecified atom stereocenters. The number of aromatic nitrogens is 4. The first-order valence-electron chi connectivity index (χ1n) is 12.7. The molecule has 9 nitrogen and oxygen atoms in total. The van der Waals surface area contributed by atoms with Gasteiger partial charge in [0.2, 0.25) is 5.91 Å². The van der Waals surface area contributed by atoms with Crippen LogP contribution < -0.4 is 10.2 Å². The van der Waals surface area contributed by atoms with E-state index in [1.807, 2.05) is 43.9 Å². The van der Waals surface area contributed by atoms with E-state index >= 15 is 0 Å². The number of ether oxygens (including phenoxy) is 2. The molecule has 1 saturated heterocycles. The average Bonchev–Trinajstić information content (AvgIpc) is 3.34. The minimum Gasteiger partial charge on any atom is -0.356 e. The lowest BCUT2D eigenvalue weighted by molar-refractivity contribution is -0.140. The molecular formula is C25H40N6O3. The Hall–Kier alpha value is -2.52. The lowest BCUT2D eigenvalue weighted by Crippen LogP contribution is -2.43. The summed E-state index contributed by atoms with van der Waals surface area (Å²) >= 11 is 0. The quantitative estimate of drug-likeness (QED) is 0.333. The molecule has 3 rings (SSSR count). The first-order valence-corrected chi connectivity index (χ1v) is 12.7. The largest absolute Gasteiger partial charge is 0.356 e. The second-order valence-corrected chi connectivity index (χ2v) is 8.71. The molecule has 188 valence electrons. The number of hydrogen-bond donors (Lipinski definition) is 1. The first kappa shape index (κ1) is 26.1. The van der Waals surface area contributed by atoms with Crippen LogP contribution in [0, 0.1) is 6.92 Å². The zero-order chi connectivity index (χ0) is 24.2. The minimum absolute atomic E-state index is 0.0902. The molecular weight excluding hydrogens is 432 g/mol. The average molecular weight is 473 g/mol. The Kier molecular flexibility index (Phi) is 10.8. The third kappa shape index (κ3) is 8.36. The number of imidazole rings is 1. The van der Waals surface area contributed by atoms with Crippen LogP contribution >= 0.6 is 0 Å². The number of nitrogens with one attached hydrogen (secondary N) is 1. The second-order valence-electron chi connectivity index (χ2n) is 8.71. The Morgan fingerprint density at radius 1 is 1.24 bits per heavy atom. The topological polar surface area (TPSA) is 94.4 Å². The number of hydrogen-bond acceptors (Lipinski definition) is 7. The highest BCUT2D eigenvalue weighted by molar-refractivity contribution is 5.77. The molecule has 0 radical (unpaired) electrons. The van der Waals surface area contributed by atoms with E-state index in [9.17, 15) is 4.79 Å². The van der Waals surface area contributed by atoms with Gasteiger partial charge in [-0.2, -0.15) is 0 Å². The van der Waals surface area contributed by atoms with Gasteiger partial charge in [0.15, 0.2) is 6.29 Å². The summed E-state index contributed by atoms with van der Waals surface area (Å²) in [5.41, 5.74) is 0.956. The molecule has 34 heavy (non-hydrogen) atoms. The number of amides is 1. The standard InChI is InChI=1S/C25H40N6O3/c1-4-33-25(34-5-2)10-8-12-27-24(32)18-21-9-6-7-14-31(21)23-17-20(3)28-22(29-23)11-15-30-16-13-26-19-30/h13,16-17,19,21,25H,4-12,14-15,18H2,1-3H3,(H,27,32). The zero-order valence-corrected chi connectivity index (χ0v) is 20.9. The van der Waals surface area contributed by atoms with Gasteiger partial charge in [-0.1, -0.05) is 0 Å². The molecule has 3 heterocycles. The Balaban J connectivity index is 1.53. The van der Waals surface area contributed by atoms with Gasteiger partial charge in [-0.05, 0) is 46.5 Å². The predicted octanol–water partition coefficient (Wildman–Crippen LogP) is 3.27. The van der Waals surface area contributed by atoms with Crippen LogP contribution in [0.5, 0.6) is 0 Å². The molecule has 1 N–H and O–H groups in total. The van der Waals surface area contributed by atoms with Crippen molar-refractivity contribution in [2.75, 3.05) is 31.2 Å². The van der Waals surface area contributed by atoms with Crippen molar-refractivity contribution in [1.82, 2.24) is 24.8 Å². The van der Waals surface area contributed by atoms with Crippen LogP contribution in [0.15, 0.2) is 24.8 Å². The van der Waals surface area contributed by atoms with Crippen molar-refractivity contribution in [3.63, 3.8) is 0 Å². The maximum Gasteiger partial charge on any atom is 0.222 e. The smallest absolute Gasteiger partial charge is 0.222 e. The van der Waals surface area contributed by atoms with E-state index in [2.05, 4.69) is 20.2 Å². The summed E-state index contributed by atoms with van der Waals surface area (Å²) in [6.07, 6.45) is 11.4. The van der Waals surface area contributed by atoms with E-state index in [1.54, 1.807) is 6.20 Å². The van der Waals surface area contributed by atoms with E-state index in [0.717, 1.165) is 69.0 Å². The van der Waals surface area contributed by atoms with Crippen molar-refractivity contribution < 1.29 is 14.3 Å². The fourth-order valence-corrected chi connectivity index (χ4v) is 4.40. The summed E-state index contributed by atoms with van der Waals surface area (Å²) < 4.78 is 13.2. The van der Waals surface area contributed by atoms with Crippen molar-refractivity contribution in [2.24, 2.45) is 0 Å². The van der Waals surface area contributed by atoms with Crippen LogP contribution in [0.1, 0.15) is 63.9 Å². The number of aryl methyl sites for hydroxylation is 3. The lowest BCUT2D eigenvalue weighted by atomic mass is 9.99. The Morgan fingerprint density at radius 3 is 2.79 bits per heavy atom. The molecule has 1 fully saturated rings. The number of anilines is 1. The van der Waals surface area contributed by atoms with Crippen molar-refractivity contribution in [2.45, 2.75) is 84.6 Å². The summed E-state index contributed by atoms with van der Waals surface area (Å²) in [7, 11) is 0. The summed E-state index contributed by atoms with van der Waals surface area (Å²) in [5.74, 6) is 1.85. The first-order chi connectivity index (χ1) is 16.6. The predicted molar refractivity (Wildman–Crippen MR) is 132 cm³/mol. The molecule has 9 heteroatoms. The van der Waals surface area contributed by atoms with Crippen molar-refractivity contribution in [1.29, 1.82) is 0 Å². The van der Waals surface area contributed by atoms with Crippen molar-refractivity contribution in [3.8, 4) is 0 Å². The van der Waals surface area contributed by atoms with Gasteiger partial charge in [-0.15, -0.1) is 0 Å². The van der Waals surface area contributed by atoms with Gasteiger partial charge >= 0.3 is 0 Å². The van der Waals surface area contributed by atoms with Crippen LogP contribution in [0.3, 0.4) is 0 Å². The second kappa shape index (κ2) is 14.0. The number of rotatable bonds is 14. The van der Waals surface area contributed by atoms with E-state index < -0.39 is 0 Å². The van der Waals surface area contributed by atoms with Crippen LogP contribution in [-0.2, 0) is 27.2 Å². The molecule has 0 bridgehead atoms. The van der Waals surface area contributed by atoms with Gasteiger partial charge in [-0.25, -0.2) is 15.0 Å². The Labute approximate surface area is 203 Å². The molecule has 0 saturated carbocycles. The maximum absolute atomic E-state index is 12.7. The third-order valence-electron chi connectivity index (χ3n) is 6.03. The fourth-order valence-electron chi connectivity index (χ4n) is 4.40. The zero-order valence-electron chi connectivity index (χ0n) is 20.9. The molecule has 0 aromatic carbocycles. The lowest BCUT2D eigenvalue weighted by Gasteiger charge is -2.36. The van der Waals surface area contributed by atoms with Crippen LogP contribution in [0.25, 0.3) is 0 Å². The highest BCUT2D eigenvalue weighted by Crippen LogP contribution is 2.26. The van der Waals surface area contributed by atoms with Gasteiger partial charge in [0.25, 0.3) is 0 Å². The van der Waals surface area contributed by atoms with Gasteiger partial charge in [-0.3, -0.25) is 4.79 Å². The number of nitrogens with zero attached hydrogens (tertiary/aromatic N) is 5. The monoisotopic (exact) mass is 472 g/mol. The molecule has 0 spiro atoms. The fraction of sp³-hybridized carbons (Fsp3) is 0.680. The highest BCUT2D eigenvalue weighted by atomic mass is 16.7. The van der Waals surface area contributed by atoms with Gasteiger partial charge in [0.1, 0.15) is 11.6 Å². The number of carbonyl (C=O) groups is 1. The van der Waals surface area contributed by atoms with Crippen LogP contribution in [0.2, 0.25) is 0 Å². The third-order valence-corrected chi connectivity index (χ3v) is 6.03. The van der Waals surface area contributed by atoms with E-state index in [-0.39, 0.29) is 18.2 Å². The Morgan fingerprint density at radius 2 is 2.06 bits per heavy atom.